The van der Waals surface area contributed by atoms with E-state index in [1.807, 2.05) is 30.5 Å². The zero-order chi connectivity index (χ0) is 18.9. The van der Waals surface area contributed by atoms with E-state index in [1.54, 1.807) is 20.1 Å². The molecule has 1 unspecified atom stereocenters. The average Bonchev–Trinajstić information content (AvgIpc) is 3.13. The second kappa shape index (κ2) is 9.94. The fourth-order valence-electron chi connectivity index (χ4n) is 2.12. The second-order valence-corrected chi connectivity index (χ2v) is 6.17. The van der Waals surface area contributed by atoms with Crippen LogP contribution >= 0.6 is 11.3 Å². The molecule has 0 bridgehead atoms. The van der Waals surface area contributed by atoms with E-state index in [-0.39, 0.29) is 6.61 Å². The van der Waals surface area contributed by atoms with Gasteiger partial charge in [0.05, 0.1) is 26.0 Å². The van der Waals surface area contributed by atoms with Crippen LogP contribution < -0.4 is 9.47 Å². The van der Waals surface area contributed by atoms with E-state index < -0.39 is 12.1 Å². The molecule has 1 aromatic carbocycles. The number of aromatic nitrogens is 1. The third-order valence-corrected chi connectivity index (χ3v) is 4.36. The first-order valence-corrected chi connectivity index (χ1v) is 9.11. The van der Waals surface area contributed by atoms with Crippen molar-refractivity contribution in [1.82, 2.24) is 4.98 Å². The van der Waals surface area contributed by atoms with E-state index in [0.29, 0.717) is 30.4 Å². The molecule has 0 aliphatic heterocycles. The molecule has 0 aliphatic carbocycles. The molecule has 2 aromatic rings. The van der Waals surface area contributed by atoms with Crippen LogP contribution in [0.15, 0.2) is 36.2 Å². The Morgan fingerprint density at radius 3 is 2.88 bits per heavy atom. The van der Waals surface area contributed by atoms with Crippen molar-refractivity contribution < 1.29 is 23.7 Å². The van der Waals surface area contributed by atoms with Crippen molar-refractivity contribution in [3.05, 3.63) is 41.9 Å². The molecule has 0 saturated heterocycles. The minimum Gasteiger partial charge on any atom is -0.493 e. The lowest BCUT2D eigenvalue weighted by molar-refractivity contribution is -0.156. The van der Waals surface area contributed by atoms with Gasteiger partial charge in [-0.3, -0.25) is 0 Å². The number of methoxy groups -OCH3 is 1. The van der Waals surface area contributed by atoms with Crippen LogP contribution in [0.3, 0.4) is 0 Å². The molecule has 0 N–H and O–H groups in total. The van der Waals surface area contributed by atoms with Crippen molar-refractivity contribution >= 4 is 17.3 Å². The molecule has 0 aliphatic rings. The number of nitrogens with zero attached hydrogens (tertiary/aromatic N) is 1. The van der Waals surface area contributed by atoms with Gasteiger partial charge in [0, 0.05) is 10.9 Å². The summed E-state index contributed by atoms with van der Waals surface area (Å²) in [6, 6.07) is 5.66. The smallest absolute Gasteiger partial charge is 0.335 e. The van der Waals surface area contributed by atoms with E-state index in [4.69, 9.17) is 18.9 Å². The van der Waals surface area contributed by atoms with Gasteiger partial charge in [0.1, 0.15) is 11.6 Å². The lowest BCUT2D eigenvalue weighted by Gasteiger charge is -2.10. The molecule has 6 nitrogen and oxygen atoms in total. The number of esters is 1. The van der Waals surface area contributed by atoms with E-state index in [2.05, 4.69) is 11.6 Å². The predicted octanol–water partition coefficient (Wildman–Crippen LogP) is 3.85. The van der Waals surface area contributed by atoms with Crippen LogP contribution in [0.4, 0.5) is 0 Å². The highest BCUT2D eigenvalue weighted by molar-refractivity contribution is 7.13. The topological polar surface area (TPSA) is 66.9 Å². The molecule has 140 valence electrons. The van der Waals surface area contributed by atoms with Crippen LogP contribution in [0.1, 0.15) is 19.5 Å². The highest BCUT2D eigenvalue weighted by atomic mass is 32.1. The summed E-state index contributed by atoms with van der Waals surface area (Å²) in [5, 5.41) is 2.68. The fraction of sp³-hybridized carbons (Fsp3) is 0.368. The summed E-state index contributed by atoms with van der Waals surface area (Å²) >= 11 is 1.47. The Kier molecular flexibility index (Phi) is 7.62. The highest BCUT2D eigenvalue weighted by Crippen LogP contribution is 2.33. The maximum absolute atomic E-state index is 11.8. The molecule has 1 atom stereocenters. The van der Waals surface area contributed by atoms with Gasteiger partial charge in [0.15, 0.2) is 17.6 Å². The minimum absolute atomic E-state index is 0.102. The Morgan fingerprint density at radius 2 is 2.19 bits per heavy atom. The van der Waals surface area contributed by atoms with Crippen LogP contribution in [0.5, 0.6) is 11.5 Å². The SMILES string of the molecule is C=CCOC(C)C(=O)OCc1csc(-c2ccc(OCC)c(OC)c2)n1. The lowest BCUT2D eigenvalue weighted by Crippen LogP contribution is -2.23. The summed E-state index contributed by atoms with van der Waals surface area (Å²) in [7, 11) is 1.60. The normalized spacial score (nSPS) is 11.7. The Morgan fingerprint density at radius 1 is 1.38 bits per heavy atom. The van der Waals surface area contributed by atoms with Gasteiger partial charge in [-0.05, 0) is 32.0 Å². The van der Waals surface area contributed by atoms with E-state index in [0.717, 1.165) is 10.6 Å². The standard InChI is InChI=1S/C19H23NO5S/c1-5-9-24-13(3)19(21)25-11-15-12-26-18(20-15)14-7-8-16(23-6-2)17(10-14)22-4/h5,7-8,10,12-13H,1,6,9,11H2,2-4H3. The average molecular weight is 377 g/mol. The third-order valence-electron chi connectivity index (χ3n) is 3.42. The van der Waals surface area contributed by atoms with E-state index >= 15 is 0 Å². The summed E-state index contributed by atoms with van der Waals surface area (Å²) in [5.74, 6) is 0.919. The number of ether oxygens (including phenoxy) is 4. The third kappa shape index (κ3) is 5.31. The first-order valence-electron chi connectivity index (χ1n) is 8.23. The maximum Gasteiger partial charge on any atom is 0.335 e. The summed E-state index contributed by atoms with van der Waals surface area (Å²) in [6.45, 7) is 8.08. The molecule has 0 amide bonds. The van der Waals surface area contributed by atoms with Gasteiger partial charge >= 0.3 is 5.97 Å². The second-order valence-electron chi connectivity index (χ2n) is 5.31. The number of thiazole rings is 1. The summed E-state index contributed by atoms with van der Waals surface area (Å²) in [4.78, 5) is 16.4. The van der Waals surface area contributed by atoms with Gasteiger partial charge in [-0.1, -0.05) is 6.08 Å². The summed E-state index contributed by atoms with van der Waals surface area (Å²) in [5.41, 5.74) is 1.60. The van der Waals surface area contributed by atoms with Crippen molar-refractivity contribution in [1.29, 1.82) is 0 Å². The molecular weight excluding hydrogens is 354 g/mol. The Hall–Kier alpha value is -2.38. The summed E-state index contributed by atoms with van der Waals surface area (Å²) in [6.07, 6.45) is 0.947. The Bertz CT molecular complexity index is 743. The number of rotatable bonds is 10. The van der Waals surface area contributed by atoms with Crippen LogP contribution in [-0.2, 0) is 20.9 Å². The van der Waals surface area contributed by atoms with Crippen molar-refractivity contribution in [2.75, 3.05) is 20.3 Å². The zero-order valence-corrected chi connectivity index (χ0v) is 16.0. The van der Waals surface area contributed by atoms with Crippen LogP contribution in [0.25, 0.3) is 10.6 Å². The molecule has 2 rings (SSSR count). The monoisotopic (exact) mass is 377 g/mol. The van der Waals surface area contributed by atoms with Crippen molar-refractivity contribution in [2.45, 2.75) is 26.6 Å². The van der Waals surface area contributed by atoms with Crippen molar-refractivity contribution in [2.24, 2.45) is 0 Å². The number of carbonyl (C=O) groups excluding carboxylic acids is 1. The largest absolute Gasteiger partial charge is 0.493 e. The molecule has 0 fully saturated rings. The van der Waals surface area contributed by atoms with Crippen molar-refractivity contribution in [3.8, 4) is 22.1 Å². The molecule has 7 heteroatoms. The van der Waals surface area contributed by atoms with E-state index in [9.17, 15) is 4.79 Å². The quantitative estimate of drug-likeness (QED) is 0.463. The Balaban J connectivity index is 2.01. The molecular formula is C19H23NO5S. The van der Waals surface area contributed by atoms with Gasteiger partial charge in [0.2, 0.25) is 0 Å². The highest BCUT2D eigenvalue weighted by Gasteiger charge is 2.16. The predicted molar refractivity (Wildman–Crippen MR) is 101 cm³/mol. The van der Waals surface area contributed by atoms with Gasteiger partial charge < -0.3 is 18.9 Å². The van der Waals surface area contributed by atoms with Crippen molar-refractivity contribution in [3.63, 3.8) is 0 Å². The molecule has 1 heterocycles. The molecule has 1 aromatic heterocycles. The maximum atomic E-state index is 11.8. The molecule has 0 radical (unpaired) electrons. The number of carbonyl (C=O) groups is 1. The zero-order valence-electron chi connectivity index (χ0n) is 15.2. The number of benzene rings is 1. The van der Waals surface area contributed by atoms with E-state index in [1.165, 1.54) is 11.3 Å². The first kappa shape index (κ1) is 19.9. The van der Waals surface area contributed by atoms with Gasteiger partial charge in [-0.15, -0.1) is 17.9 Å². The van der Waals surface area contributed by atoms with Crippen LogP contribution in [0.2, 0.25) is 0 Å². The molecule has 26 heavy (non-hydrogen) atoms. The molecule has 0 saturated carbocycles. The number of hydrogen-bond acceptors (Lipinski definition) is 7. The first-order chi connectivity index (χ1) is 12.6. The van der Waals surface area contributed by atoms with Crippen LogP contribution in [-0.4, -0.2) is 37.4 Å². The minimum atomic E-state index is -0.638. The Labute approximate surface area is 157 Å². The van der Waals surface area contributed by atoms with Gasteiger partial charge in [-0.25, -0.2) is 9.78 Å². The number of hydrogen-bond donors (Lipinski definition) is 0. The van der Waals surface area contributed by atoms with Gasteiger partial charge in [0.25, 0.3) is 0 Å². The molecule has 0 spiro atoms. The summed E-state index contributed by atoms with van der Waals surface area (Å²) < 4.78 is 21.4. The fourth-order valence-corrected chi connectivity index (χ4v) is 2.93. The van der Waals surface area contributed by atoms with Gasteiger partial charge in [-0.2, -0.15) is 0 Å². The lowest BCUT2D eigenvalue weighted by atomic mass is 10.2. The van der Waals surface area contributed by atoms with Crippen LogP contribution in [0, 0.1) is 0 Å².